The van der Waals surface area contributed by atoms with Crippen LogP contribution in [0.4, 0.5) is 10.1 Å². The molecule has 0 bridgehead atoms. The lowest BCUT2D eigenvalue weighted by atomic mass is 9.74. The molecule has 0 fully saturated rings. The van der Waals surface area contributed by atoms with Crippen LogP contribution in [0.1, 0.15) is 43.4 Å². The van der Waals surface area contributed by atoms with Crippen LogP contribution in [0.25, 0.3) is 0 Å². The van der Waals surface area contributed by atoms with Gasteiger partial charge in [0.15, 0.2) is 0 Å². The molecule has 6 heteroatoms. The molecule has 0 amide bonds. The molecule has 1 aliphatic heterocycles. The number of fused-ring (bicyclic) bond motifs is 1. The van der Waals surface area contributed by atoms with E-state index in [-0.39, 0.29) is 11.3 Å². The Kier molecular flexibility index (Phi) is 4.81. The third-order valence-electron chi connectivity index (χ3n) is 4.51. The van der Waals surface area contributed by atoms with E-state index in [1.54, 1.807) is 31.3 Å². The summed E-state index contributed by atoms with van der Waals surface area (Å²) in [6, 6.07) is 7.94. The second-order valence-electron chi connectivity index (χ2n) is 6.15. The van der Waals surface area contributed by atoms with Gasteiger partial charge in [-0.3, -0.25) is 9.79 Å². The third kappa shape index (κ3) is 2.97. The van der Waals surface area contributed by atoms with Crippen LogP contribution in [-0.4, -0.2) is 23.1 Å². The van der Waals surface area contributed by atoms with E-state index < -0.39 is 17.7 Å². The number of halogens is 1. The van der Waals surface area contributed by atoms with Crippen LogP contribution in [0.5, 0.6) is 5.88 Å². The summed E-state index contributed by atoms with van der Waals surface area (Å²) < 4.78 is 20.5. The molecule has 1 aliphatic rings. The Hall–Kier alpha value is -3.07. The number of aromatic nitrogens is 1. The third-order valence-corrected chi connectivity index (χ3v) is 4.51. The molecule has 0 saturated carbocycles. The Bertz CT molecular complexity index is 947. The summed E-state index contributed by atoms with van der Waals surface area (Å²) in [4.78, 5) is 21.2. The first-order chi connectivity index (χ1) is 12.5. The highest BCUT2D eigenvalue weighted by molar-refractivity contribution is 6.07. The van der Waals surface area contributed by atoms with E-state index in [4.69, 9.17) is 10.00 Å². The van der Waals surface area contributed by atoms with Crippen LogP contribution in [0.3, 0.4) is 0 Å². The highest BCUT2D eigenvalue weighted by atomic mass is 19.1. The van der Waals surface area contributed by atoms with Gasteiger partial charge in [0.2, 0.25) is 5.88 Å². The van der Waals surface area contributed by atoms with Gasteiger partial charge >= 0.3 is 0 Å². The Morgan fingerprint density at radius 1 is 1.38 bits per heavy atom. The number of carbonyl (C=O) groups excluding carboxylic acids is 1. The number of benzene rings is 1. The highest BCUT2D eigenvalue weighted by Crippen LogP contribution is 2.46. The zero-order valence-corrected chi connectivity index (χ0v) is 14.8. The summed E-state index contributed by atoms with van der Waals surface area (Å²) >= 11 is 0. The number of ketones is 1. The van der Waals surface area contributed by atoms with E-state index in [9.17, 15) is 9.18 Å². The van der Waals surface area contributed by atoms with Crippen molar-refractivity contribution in [2.75, 3.05) is 6.61 Å². The van der Waals surface area contributed by atoms with Crippen molar-refractivity contribution >= 4 is 17.2 Å². The number of hydrogen-bond donors (Lipinski definition) is 0. The van der Waals surface area contributed by atoms with Crippen LogP contribution in [0, 0.1) is 23.1 Å². The van der Waals surface area contributed by atoms with E-state index in [2.05, 4.69) is 9.98 Å². The lowest BCUT2D eigenvalue weighted by molar-refractivity contribution is -0.119. The molecule has 3 rings (SSSR count). The summed E-state index contributed by atoms with van der Waals surface area (Å²) in [5.41, 5.74) is 2.39. The number of nitriles is 1. The summed E-state index contributed by atoms with van der Waals surface area (Å²) in [6.45, 7) is 5.46. The zero-order chi connectivity index (χ0) is 18.8. The van der Waals surface area contributed by atoms with Crippen LogP contribution in [0.15, 0.2) is 35.5 Å². The maximum absolute atomic E-state index is 14.8. The summed E-state index contributed by atoms with van der Waals surface area (Å²) in [5, 5.41) is 9.00. The van der Waals surface area contributed by atoms with Gasteiger partial charge in [0, 0.05) is 23.4 Å². The van der Waals surface area contributed by atoms with Crippen molar-refractivity contribution in [2.24, 2.45) is 10.9 Å². The fourth-order valence-corrected chi connectivity index (χ4v) is 3.47. The minimum absolute atomic E-state index is 0.114. The molecule has 0 saturated heterocycles. The molecule has 0 aliphatic carbocycles. The summed E-state index contributed by atoms with van der Waals surface area (Å²) in [6.07, 6.45) is 1.58. The van der Waals surface area contributed by atoms with Crippen molar-refractivity contribution in [1.29, 1.82) is 5.26 Å². The first-order valence-electron chi connectivity index (χ1n) is 8.34. The Morgan fingerprint density at radius 2 is 2.15 bits per heavy atom. The second kappa shape index (κ2) is 7.04. The summed E-state index contributed by atoms with van der Waals surface area (Å²) in [7, 11) is 0. The zero-order valence-electron chi connectivity index (χ0n) is 14.8. The number of rotatable bonds is 4. The highest BCUT2D eigenvalue weighted by Gasteiger charge is 2.39. The van der Waals surface area contributed by atoms with Crippen LogP contribution in [0.2, 0.25) is 0 Å². The van der Waals surface area contributed by atoms with Crippen molar-refractivity contribution in [1.82, 2.24) is 4.98 Å². The van der Waals surface area contributed by atoms with E-state index in [0.717, 1.165) is 0 Å². The molecule has 26 heavy (non-hydrogen) atoms. The molecular weight excluding hydrogens is 333 g/mol. The summed E-state index contributed by atoms with van der Waals surface area (Å²) in [5.74, 6) is -1.53. The molecule has 2 aromatic rings. The molecule has 1 aromatic heterocycles. The number of hydrogen-bond acceptors (Lipinski definition) is 5. The molecular formula is C20H18FN3O2. The maximum Gasteiger partial charge on any atom is 0.219 e. The largest absolute Gasteiger partial charge is 0.478 e. The van der Waals surface area contributed by atoms with E-state index in [0.29, 0.717) is 35.0 Å². The topological polar surface area (TPSA) is 75.3 Å². The van der Waals surface area contributed by atoms with Gasteiger partial charge < -0.3 is 4.74 Å². The fraction of sp³-hybridized carbons (Fsp3) is 0.300. The number of ether oxygens (including phenoxy) is 1. The van der Waals surface area contributed by atoms with Gasteiger partial charge in [-0.25, -0.2) is 9.37 Å². The molecule has 1 aromatic carbocycles. The van der Waals surface area contributed by atoms with Crippen LogP contribution in [-0.2, 0) is 4.79 Å². The fourth-order valence-electron chi connectivity index (χ4n) is 3.47. The van der Waals surface area contributed by atoms with Crippen molar-refractivity contribution in [2.45, 2.75) is 26.7 Å². The van der Waals surface area contributed by atoms with E-state index >= 15 is 0 Å². The molecule has 2 atom stereocenters. The number of pyridine rings is 1. The number of aliphatic imine (C=N–C) groups is 1. The normalized spacial score (nSPS) is 18.5. The molecule has 132 valence electrons. The Labute approximate surface area is 151 Å². The maximum atomic E-state index is 14.8. The van der Waals surface area contributed by atoms with Gasteiger partial charge in [0.1, 0.15) is 11.6 Å². The average Bonchev–Trinajstić information content (AvgIpc) is 2.60. The van der Waals surface area contributed by atoms with Crippen molar-refractivity contribution in [3.63, 3.8) is 0 Å². The van der Waals surface area contributed by atoms with Crippen molar-refractivity contribution < 1.29 is 13.9 Å². The second-order valence-corrected chi connectivity index (χ2v) is 6.15. The number of nitrogens with zero attached hydrogens (tertiary/aromatic N) is 3. The molecule has 0 spiro atoms. The SMILES string of the molecule is CCOc1nccc2c1C(c1ccc(C#N)cc1F)C(C(C)=O)C(C)=N2. The molecule has 2 unspecified atom stereocenters. The minimum Gasteiger partial charge on any atom is -0.478 e. The predicted octanol–water partition coefficient (Wildman–Crippen LogP) is 3.93. The van der Waals surface area contributed by atoms with Gasteiger partial charge in [0.25, 0.3) is 0 Å². The van der Waals surface area contributed by atoms with Gasteiger partial charge in [-0.15, -0.1) is 0 Å². The lowest BCUT2D eigenvalue weighted by Gasteiger charge is -2.32. The van der Waals surface area contributed by atoms with Gasteiger partial charge in [0.05, 0.1) is 29.8 Å². The number of Topliss-reactive ketones (excluding diaryl/α,β-unsaturated/α-hetero) is 1. The van der Waals surface area contributed by atoms with Gasteiger partial charge in [-0.1, -0.05) is 6.07 Å². The van der Waals surface area contributed by atoms with Gasteiger partial charge in [-0.05, 0) is 44.5 Å². The van der Waals surface area contributed by atoms with Crippen LogP contribution < -0.4 is 4.74 Å². The number of carbonyl (C=O) groups is 1. The molecule has 0 radical (unpaired) electrons. The van der Waals surface area contributed by atoms with Crippen molar-refractivity contribution in [3.05, 3.63) is 53.0 Å². The first-order valence-corrected chi connectivity index (χ1v) is 8.34. The minimum atomic E-state index is -0.617. The molecule has 0 N–H and O–H groups in total. The Morgan fingerprint density at radius 3 is 2.77 bits per heavy atom. The quantitative estimate of drug-likeness (QED) is 0.836. The predicted molar refractivity (Wildman–Crippen MR) is 95.3 cm³/mol. The Balaban J connectivity index is 2.29. The lowest BCUT2D eigenvalue weighted by Crippen LogP contribution is -2.31. The smallest absolute Gasteiger partial charge is 0.219 e. The molecule has 2 heterocycles. The van der Waals surface area contributed by atoms with E-state index in [1.807, 2.05) is 13.0 Å². The monoisotopic (exact) mass is 351 g/mol. The molecule has 5 nitrogen and oxygen atoms in total. The van der Waals surface area contributed by atoms with Crippen LogP contribution >= 0.6 is 0 Å². The van der Waals surface area contributed by atoms with Gasteiger partial charge in [-0.2, -0.15) is 5.26 Å². The van der Waals surface area contributed by atoms with E-state index in [1.165, 1.54) is 13.0 Å². The standard InChI is InChI=1S/C20H18FN3O2/c1-4-26-20-19-16(7-8-23-20)24-11(2)17(12(3)25)18(19)14-6-5-13(10-22)9-15(14)21/h5-9,17-18H,4H2,1-3H3. The van der Waals surface area contributed by atoms with Crippen molar-refractivity contribution in [3.8, 4) is 11.9 Å². The average molecular weight is 351 g/mol. The first kappa shape index (κ1) is 17.7.